The average Bonchev–Trinajstić information content (AvgIpc) is 2.59. The highest BCUT2D eigenvalue weighted by Crippen LogP contribution is 2.27. The van der Waals surface area contributed by atoms with Gasteiger partial charge in [-0.05, 0) is 42.1 Å². The van der Waals surface area contributed by atoms with Gasteiger partial charge in [0.25, 0.3) is 0 Å². The molecule has 0 bridgehead atoms. The molecule has 2 N–H and O–H groups in total. The van der Waals surface area contributed by atoms with Crippen molar-refractivity contribution in [3.05, 3.63) is 46.1 Å². The highest BCUT2D eigenvalue weighted by molar-refractivity contribution is 7.80. The van der Waals surface area contributed by atoms with Gasteiger partial charge in [0.2, 0.25) is 5.95 Å². The maximum Gasteiger partial charge on any atom is 0.232 e. The summed E-state index contributed by atoms with van der Waals surface area (Å²) in [4.78, 5) is 11.1. The zero-order valence-electron chi connectivity index (χ0n) is 15.4. The molecule has 1 fully saturated rings. The number of nitrogens with zero attached hydrogens (tertiary/aromatic N) is 3. The molecule has 1 aromatic carbocycles. The number of thiocarbonyl (C=S) groups is 1. The summed E-state index contributed by atoms with van der Waals surface area (Å²) < 4.78 is 0. The van der Waals surface area contributed by atoms with Crippen LogP contribution in [-0.4, -0.2) is 28.2 Å². The van der Waals surface area contributed by atoms with Gasteiger partial charge in [-0.25, -0.2) is 4.98 Å². The van der Waals surface area contributed by atoms with Gasteiger partial charge >= 0.3 is 0 Å². The highest BCUT2D eigenvalue weighted by Gasteiger charge is 2.23. The third-order valence-electron chi connectivity index (χ3n) is 4.50. The van der Waals surface area contributed by atoms with E-state index in [1.807, 2.05) is 24.3 Å². The molecule has 3 rings (SSSR count). The van der Waals surface area contributed by atoms with Crippen molar-refractivity contribution in [3.63, 3.8) is 0 Å². The molecule has 0 unspecified atom stereocenters. The van der Waals surface area contributed by atoms with Crippen LogP contribution in [0.2, 0.25) is 10.2 Å². The van der Waals surface area contributed by atoms with Crippen LogP contribution >= 0.6 is 35.4 Å². The van der Waals surface area contributed by atoms with E-state index in [9.17, 15) is 0 Å². The summed E-state index contributed by atoms with van der Waals surface area (Å²) in [6.07, 6.45) is 1.23. The second-order valence-corrected chi connectivity index (χ2v) is 8.33. The Morgan fingerprint density at radius 2 is 1.89 bits per heavy atom. The molecule has 8 heteroatoms. The first kappa shape index (κ1) is 20.1. The molecule has 1 aliphatic rings. The smallest absolute Gasteiger partial charge is 0.232 e. The second-order valence-electron chi connectivity index (χ2n) is 7.12. The predicted octanol–water partition coefficient (Wildman–Crippen LogP) is 4.75. The van der Waals surface area contributed by atoms with Crippen LogP contribution in [0.25, 0.3) is 0 Å². The average molecular weight is 424 g/mol. The van der Waals surface area contributed by atoms with Crippen molar-refractivity contribution in [2.24, 2.45) is 11.8 Å². The third-order valence-corrected chi connectivity index (χ3v) is 5.31. The van der Waals surface area contributed by atoms with Crippen LogP contribution in [0, 0.1) is 11.8 Å². The van der Waals surface area contributed by atoms with E-state index in [1.54, 1.807) is 6.07 Å². The summed E-state index contributed by atoms with van der Waals surface area (Å²) in [7, 11) is 0. The zero-order chi connectivity index (χ0) is 19.4. The Kier molecular flexibility index (Phi) is 6.73. The van der Waals surface area contributed by atoms with Gasteiger partial charge in [0.1, 0.15) is 11.0 Å². The van der Waals surface area contributed by atoms with Gasteiger partial charge < -0.3 is 15.5 Å². The molecule has 0 saturated carbocycles. The normalized spacial score (nSPS) is 19.6. The summed E-state index contributed by atoms with van der Waals surface area (Å²) in [5.41, 5.74) is 0.965. The lowest BCUT2D eigenvalue weighted by Crippen LogP contribution is -2.39. The maximum absolute atomic E-state index is 6.22. The number of hydrogen-bond acceptors (Lipinski definition) is 4. The van der Waals surface area contributed by atoms with Crippen molar-refractivity contribution in [1.29, 1.82) is 0 Å². The van der Waals surface area contributed by atoms with Gasteiger partial charge in [0.05, 0.1) is 0 Å². The van der Waals surface area contributed by atoms with Crippen LogP contribution in [0.4, 0.5) is 11.8 Å². The Hall–Kier alpha value is -1.63. The van der Waals surface area contributed by atoms with E-state index in [0.717, 1.165) is 24.5 Å². The molecule has 5 nitrogen and oxygen atoms in total. The molecule has 0 amide bonds. The molecule has 144 valence electrons. The second kappa shape index (κ2) is 9.04. The predicted molar refractivity (Wildman–Crippen MR) is 117 cm³/mol. The molecule has 0 aliphatic carbocycles. The number of rotatable bonds is 4. The Labute approximate surface area is 175 Å². The van der Waals surface area contributed by atoms with E-state index in [-0.39, 0.29) is 0 Å². The topological polar surface area (TPSA) is 53.1 Å². The fourth-order valence-electron chi connectivity index (χ4n) is 3.44. The first-order valence-corrected chi connectivity index (χ1v) is 10.1. The van der Waals surface area contributed by atoms with Crippen LogP contribution in [0.3, 0.4) is 0 Å². The lowest BCUT2D eigenvalue weighted by molar-refractivity contribution is 0.355. The SMILES string of the molecule is C[C@@H]1C[C@@H](C)CN(c2cc(Cl)nc(NC(=S)NCc3ccccc3Cl)n2)C1. The molecule has 2 aromatic rings. The van der Waals surface area contributed by atoms with Crippen LogP contribution < -0.4 is 15.5 Å². The molecule has 1 aliphatic heterocycles. The minimum absolute atomic E-state index is 0.389. The van der Waals surface area contributed by atoms with E-state index in [1.165, 1.54) is 6.42 Å². The van der Waals surface area contributed by atoms with Crippen molar-refractivity contribution < 1.29 is 0 Å². The van der Waals surface area contributed by atoms with Gasteiger partial charge in [-0.1, -0.05) is 55.2 Å². The van der Waals surface area contributed by atoms with Crippen molar-refractivity contribution in [1.82, 2.24) is 15.3 Å². The van der Waals surface area contributed by atoms with Crippen LogP contribution in [0.1, 0.15) is 25.8 Å². The molecule has 27 heavy (non-hydrogen) atoms. The summed E-state index contributed by atoms with van der Waals surface area (Å²) in [6, 6.07) is 9.43. The first-order chi connectivity index (χ1) is 12.9. The summed E-state index contributed by atoms with van der Waals surface area (Å²) in [6.45, 7) is 6.97. The number of halogens is 2. The molecule has 1 aromatic heterocycles. The van der Waals surface area contributed by atoms with Crippen molar-refractivity contribution in [2.45, 2.75) is 26.8 Å². The Balaban J connectivity index is 1.65. The highest BCUT2D eigenvalue weighted by atomic mass is 35.5. The van der Waals surface area contributed by atoms with Gasteiger partial charge in [0, 0.05) is 30.7 Å². The number of hydrogen-bond donors (Lipinski definition) is 2. The summed E-state index contributed by atoms with van der Waals surface area (Å²) >= 11 is 17.7. The van der Waals surface area contributed by atoms with Crippen LogP contribution in [-0.2, 0) is 6.54 Å². The number of nitrogens with one attached hydrogen (secondary N) is 2. The van der Waals surface area contributed by atoms with Crippen molar-refractivity contribution in [2.75, 3.05) is 23.3 Å². The molecule has 0 radical (unpaired) electrons. The van der Waals surface area contributed by atoms with Crippen molar-refractivity contribution in [3.8, 4) is 0 Å². The Bertz CT molecular complexity index is 806. The van der Waals surface area contributed by atoms with E-state index < -0.39 is 0 Å². The monoisotopic (exact) mass is 423 g/mol. The third kappa shape index (κ3) is 5.67. The molecule has 1 saturated heterocycles. The summed E-state index contributed by atoms with van der Waals surface area (Å²) in [5.74, 6) is 2.46. The largest absolute Gasteiger partial charge is 0.358 e. The van der Waals surface area contributed by atoms with Crippen LogP contribution in [0.15, 0.2) is 30.3 Å². The molecular formula is C19H23Cl2N5S. The standard InChI is InChI=1S/C19H23Cl2N5S/c1-12-7-13(2)11-26(10-12)17-8-16(21)23-18(24-17)25-19(27)22-9-14-5-3-4-6-15(14)20/h3-6,8,12-13H,7,9-11H2,1-2H3,(H2,22,23,24,25,27)/t12-,13-/m1/s1. The van der Waals surface area contributed by atoms with E-state index in [2.05, 4.69) is 39.3 Å². The molecule has 2 atom stereocenters. The molecular weight excluding hydrogens is 401 g/mol. The minimum Gasteiger partial charge on any atom is -0.358 e. The van der Waals surface area contributed by atoms with E-state index in [0.29, 0.717) is 39.6 Å². The van der Waals surface area contributed by atoms with Gasteiger partial charge in [-0.15, -0.1) is 0 Å². The van der Waals surface area contributed by atoms with E-state index >= 15 is 0 Å². The number of anilines is 2. The first-order valence-electron chi connectivity index (χ1n) is 8.98. The van der Waals surface area contributed by atoms with Gasteiger partial charge in [-0.3, -0.25) is 0 Å². The number of piperidine rings is 1. The lowest BCUT2D eigenvalue weighted by Gasteiger charge is -2.35. The summed E-state index contributed by atoms with van der Waals surface area (Å²) in [5, 5.41) is 7.65. The number of benzene rings is 1. The molecule has 2 heterocycles. The number of aromatic nitrogens is 2. The Morgan fingerprint density at radius 1 is 1.19 bits per heavy atom. The van der Waals surface area contributed by atoms with Crippen LogP contribution in [0.5, 0.6) is 0 Å². The fourth-order valence-corrected chi connectivity index (χ4v) is 3.98. The Morgan fingerprint density at radius 3 is 2.59 bits per heavy atom. The quantitative estimate of drug-likeness (QED) is 0.546. The zero-order valence-corrected chi connectivity index (χ0v) is 17.7. The van der Waals surface area contributed by atoms with Gasteiger partial charge in [0.15, 0.2) is 5.11 Å². The lowest BCUT2D eigenvalue weighted by atomic mass is 9.92. The van der Waals surface area contributed by atoms with E-state index in [4.69, 9.17) is 35.4 Å². The minimum atomic E-state index is 0.389. The molecule has 0 spiro atoms. The van der Waals surface area contributed by atoms with Gasteiger partial charge in [-0.2, -0.15) is 4.98 Å². The van der Waals surface area contributed by atoms with Crippen molar-refractivity contribution >= 4 is 52.3 Å². The fraction of sp³-hybridized carbons (Fsp3) is 0.421. The maximum atomic E-state index is 6.22.